The Morgan fingerprint density at radius 3 is 2.90 bits per heavy atom. The van der Waals surface area contributed by atoms with Gasteiger partial charge >= 0.3 is 0 Å². The van der Waals surface area contributed by atoms with Crippen molar-refractivity contribution in [3.63, 3.8) is 0 Å². The number of nitrogens with zero attached hydrogens (tertiary/aromatic N) is 2. The van der Waals surface area contributed by atoms with Gasteiger partial charge in [-0.2, -0.15) is 11.8 Å². The van der Waals surface area contributed by atoms with Crippen LogP contribution in [-0.4, -0.2) is 28.8 Å². The van der Waals surface area contributed by atoms with Gasteiger partial charge in [-0.15, -0.1) is 10.2 Å². The average Bonchev–Trinajstić information content (AvgIpc) is 2.88. The van der Waals surface area contributed by atoms with E-state index in [1.165, 1.54) is 0 Å². The molecule has 0 spiro atoms. The van der Waals surface area contributed by atoms with Crippen LogP contribution in [0.15, 0.2) is 33.2 Å². The zero-order chi connectivity index (χ0) is 14.4. The van der Waals surface area contributed by atoms with Crippen LogP contribution >= 0.6 is 27.7 Å². The van der Waals surface area contributed by atoms with E-state index in [1.807, 2.05) is 36.0 Å². The van der Waals surface area contributed by atoms with Crippen molar-refractivity contribution >= 4 is 27.7 Å². The molecule has 108 valence electrons. The van der Waals surface area contributed by atoms with E-state index in [2.05, 4.69) is 44.6 Å². The van der Waals surface area contributed by atoms with E-state index in [0.29, 0.717) is 24.2 Å². The molecule has 1 N–H and O–H groups in total. The van der Waals surface area contributed by atoms with E-state index >= 15 is 0 Å². The second-order valence-electron chi connectivity index (χ2n) is 4.67. The van der Waals surface area contributed by atoms with Crippen LogP contribution in [0.3, 0.4) is 0 Å². The minimum absolute atomic E-state index is 0.548. The molecule has 1 aromatic heterocycles. The quantitative estimate of drug-likeness (QED) is 0.822. The molecule has 0 bridgehead atoms. The summed E-state index contributed by atoms with van der Waals surface area (Å²) in [5.74, 6) is 2.95. The van der Waals surface area contributed by atoms with Gasteiger partial charge in [-0.1, -0.05) is 19.1 Å². The van der Waals surface area contributed by atoms with E-state index in [4.69, 9.17) is 4.42 Å². The normalized spacial score (nSPS) is 12.6. The summed E-state index contributed by atoms with van der Waals surface area (Å²) in [5.41, 5.74) is 0.919. The molecule has 2 aromatic rings. The summed E-state index contributed by atoms with van der Waals surface area (Å²) in [4.78, 5) is 0. The number of hydrogen-bond donors (Lipinski definition) is 1. The van der Waals surface area contributed by atoms with Crippen molar-refractivity contribution in [2.45, 2.75) is 13.5 Å². The first-order valence-electron chi connectivity index (χ1n) is 6.47. The first-order chi connectivity index (χ1) is 9.70. The van der Waals surface area contributed by atoms with Crippen molar-refractivity contribution in [2.24, 2.45) is 5.92 Å². The minimum atomic E-state index is 0.548. The van der Waals surface area contributed by atoms with Crippen molar-refractivity contribution in [3.05, 3.63) is 34.6 Å². The first-order valence-corrected chi connectivity index (χ1v) is 8.66. The summed E-state index contributed by atoms with van der Waals surface area (Å²) in [7, 11) is 0. The van der Waals surface area contributed by atoms with Crippen LogP contribution in [-0.2, 0) is 6.54 Å². The lowest BCUT2D eigenvalue weighted by molar-refractivity contribution is 0.460. The van der Waals surface area contributed by atoms with Crippen molar-refractivity contribution < 1.29 is 4.42 Å². The molecule has 0 saturated heterocycles. The maximum absolute atomic E-state index is 5.67. The van der Waals surface area contributed by atoms with Crippen LogP contribution in [0, 0.1) is 5.92 Å². The Balaban J connectivity index is 1.91. The SMILES string of the molecule is CSCC(C)CNCc1nnc(-c2ccccc2Br)o1. The van der Waals surface area contributed by atoms with Gasteiger partial charge < -0.3 is 9.73 Å². The minimum Gasteiger partial charge on any atom is -0.419 e. The third-order valence-electron chi connectivity index (χ3n) is 2.79. The summed E-state index contributed by atoms with van der Waals surface area (Å²) in [6, 6.07) is 7.82. The van der Waals surface area contributed by atoms with Crippen LogP contribution in [0.4, 0.5) is 0 Å². The maximum Gasteiger partial charge on any atom is 0.248 e. The molecule has 0 aliphatic rings. The number of benzene rings is 1. The smallest absolute Gasteiger partial charge is 0.248 e. The molecule has 0 amide bonds. The van der Waals surface area contributed by atoms with Crippen LogP contribution in [0.25, 0.3) is 11.5 Å². The second kappa shape index (κ2) is 7.81. The molecule has 0 fully saturated rings. The van der Waals surface area contributed by atoms with Gasteiger partial charge in [-0.3, -0.25) is 0 Å². The number of hydrogen-bond acceptors (Lipinski definition) is 5. The van der Waals surface area contributed by atoms with Crippen molar-refractivity contribution in [3.8, 4) is 11.5 Å². The molecular weight excluding hydrogens is 338 g/mol. The molecular formula is C14H18BrN3OS. The predicted octanol–water partition coefficient (Wildman–Crippen LogP) is 3.59. The fourth-order valence-electron chi connectivity index (χ4n) is 1.84. The van der Waals surface area contributed by atoms with Gasteiger partial charge in [-0.25, -0.2) is 0 Å². The van der Waals surface area contributed by atoms with E-state index in [0.717, 1.165) is 22.3 Å². The molecule has 1 unspecified atom stereocenters. The van der Waals surface area contributed by atoms with E-state index in [-0.39, 0.29) is 0 Å². The van der Waals surface area contributed by atoms with E-state index < -0.39 is 0 Å². The fraction of sp³-hybridized carbons (Fsp3) is 0.429. The summed E-state index contributed by atoms with van der Waals surface area (Å²) >= 11 is 5.35. The van der Waals surface area contributed by atoms with Crippen LogP contribution in [0.2, 0.25) is 0 Å². The van der Waals surface area contributed by atoms with Crippen molar-refractivity contribution in [1.82, 2.24) is 15.5 Å². The molecule has 4 nitrogen and oxygen atoms in total. The predicted molar refractivity (Wildman–Crippen MR) is 86.7 cm³/mol. The van der Waals surface area contributed by atoms with Gasteiger partial charge in [-0.05, 0) is 52.5 Å². The van der Waals surface area contributed by atoms with Gasteiger partial charge in [0.05, 0.1) is 12.1 Å². The Morgan fingerprint density at radius 1 is 1.35 bits per heavy atom. The van der Waals surface area contributed by atoms with Gasteiger partial charge in [0.25, 0.3) is 0 Å². The molecule has 6 heteroatoms. The average molecular weight is 356 g/mol. The first kappa shape index (κ1) is 15.5. The van der Waals surface area contributed by atoms with Crippen LogP contribution < -0.4 is 5.32 Å². The van der Waals surface area contributed by atoms with Gasteiger partial charge in [0.2, 0.25) is 11.8 Å². The maximum atomic E-state index is 5.67. The monoisotopic (exact) mass is 355 g/mol. The lowest BCUT2D eigenvalue weighted by Crippen LogP contribution is -2.22. The Kier molecular flexibility index (Phi) is 6.06. The van der Waals surface area contributed by atoms with E-state index in [9.17, 15) is 0 Å². The Labute approximate surface area is 131 Å². The molecule has 0 aliphatic carbocycles. The molecule has 0 aliphatic heterocycles. The highest BCUT2D eigenvalue weighted by Gasteiger charge is 2.11. The number of thioether (sulfide) groups is 1. The summed E-state index contributed by atoms with van der Waals surface area (Å²) in [6.45, 7) is 3.79. The topological polar surface area (TPSA) is 51.0 Å². The van der Waals surface area contributed by atoms with Gasteiger partial charge in [0.15, 0.2) is 0 Å². The zero-order valence-electron chi connectivity index (χ0n) is 11.6. The third kappa shape index (κ3) is 4.33. The molecule has 1 aromatic carbocycles. The molecule has 1 atom stereocenters. The zero-order valence-corrected chi connectivity index (χ0v) is 14.0. The number of aromatic nitrogens is 2. The standard InChI is InChI=1S/C14H18BrN3OS/c1-10(9-20-2)7-16-8-13-17-18-14(19-13)11-5-3-4-6-12(11)15/h3-6,10,16H,7-9H2,1-2H3. The third-order valence-corrected chi connectivity index (χ3v) is 4.39. The Morgan fingerprint density at radius 2 is 2.15 bits per heavy atom. The van der Waals surface area contributed by atoms with Crippen LogP contribution in [0.5, 0.6) is 0 Å². The van der Waals surface area contributed by atoms with Crippen molar-refractivity contribution in [1.29, 1.82) is 0 Å². The highest BCUT2D eigenvalue weighted by molar-refractivity contribution is 9.10. The number of halogens is 1. The highest BCUT2D eigenvalue weighted by atomic mass is 79.9. The number of rotatable bonds is 7. The lowest BCUT2D eigenvalue weighted by Gasteiger charge is -2.09. The van der Waals surface area contributed by atoms with Gasteiger partial charge in [0.1, 0.15) is 0 Å². The summed E-state index contributed by atoms with van der Waals surface area (Å²) < 4.78 is 6.63. The molecule has 1 heterocycles. The Bertz CT molecular complexity index is 547. The molecule has 2 rings (SSSR count). The highest BCUT2D eigenvalue weighted by Crippen LogP contribution is 2.26. The summed E-state index contributed by atoms with van der Waals surface area (Å²) in [6.07, 6.45) is 2.12. The van der Waals surface area contributed by atoms with Crippen LogP contribution in [0.1, 0.15) is 12.8 Å². The largest absolute Gasteiger partial charge is 0.419 e. The second-order valence-corrected chi connectivity index (χ2v) is 6.44. The molecule has 0 saturated carbocycles. The molecule has 20 heavy (non-hydrogen) atoms. The fourth-order valence-corrected chi connectivity index (χ4v) is 2.98. The summed E-state index contributed by atoms with van der Waals surface area (Å²) in [5, 5.41) is 11.5. The van der Waals surface area contributed by atoms with E-state index in [1.54, 1.807) is 0 Å². The van der Waals surface area contributed by atoms with Crippen molar-refractivity contribution in [2.75, 3.05) is 18.6 Å². The van der Waals surface area contributed by atoms with Gasteiger partial charge in [0, 0.05) is 4.47 Å². The molecule has 0 radical (unpaired) electrons. The lowest BCUT2D eigenvalue weighted by atomic mass is 10.2. The number of nitrogens with one attached hydrogen (secondary N) is 1. The Hall–Kier alpha value is -0.850.